The van der Waals surface area contributed by atoms with Gasteiger partial charge in [-0.3, -0.25) is 0 Å². The number of hydrogen-bond acceptors (Lipinski definition) is 1. The lowest BCUT2D eigenvalue weighted by molar-refractivity contribution is -0.0281. The van der Waals surface area contributed by atoms with Gasteiger partial charge in [0.05, 0.1) is 0 Å². The summed E-state index contributed by atoms with van der Waals surface area (Å²) in [5.41, 5.74) is 23.7. The third kappa shape index (κ3) is 7.02. The molecule has 0 radical (unpaired) electrons. The molecule has 4 bridgehead atoms. The van der Waals surface area contributed by atoms with Gasteiger partial charge >= 0.3 is 0 Å². The van der Waals surface area contributed by atoms with E-state index >= 15 is 0 Å². The highest BCUT2D eigenvalue weighted by Gasteiger charge is 2.58. The first-order chi connectivity index (χ1) is 32.0. The molecule has 0 N–H and O–H groups in total. The van der Waals surface area contributed by atoms with E-state index in [9.17, 15) is 0 Å². The molecule has 0 nitrogen and oxygen atoms in total. The van der Waals surface area contributed by atoms with Crippen molar-refractivity contribution in [2.45, 2.75) is 90.9 Å². The predicted octanol–water partition coefficient (Wildman–Crippen LogP) is 15.2. The van der Waals surface area contributed by atoms with E-state index in [1.165, 1.54) is 142 Å². The molecule has 1 heterocycles. The summed E-state index contributed by atoms with van der Waals surface area (Å²) < 4.78 is 2.74. The summed E-state index contributed by atoms with van der Waals surface area (Å²) >= 11 is 1.90. The monoisotopic (exact) mass is 870 g/mol. The van der Waals surface area contributed by atoms with Gasteiger partial charge in [-0.25, -0.2) is 0 Å². The van der Waals surface area contributed by atoms with Crippen molar-refractivity contribution in [3.8, 4) is 33.4 Å². The average Bonchev–Trinajstić information content (AvgIpc) is 3.68. The summed E-state index contributed by atoms with van der Waals surface area (Å²) in [4.78, 5) is 0. The fourth-order valence-corrected chi connectivity index (χ4v) is 15.5. The van der Waals surface area contributed by atoms with E-state index in [0.717, 1.165) is 11.8 Å². The van der Waals surface area contributed by atoms with Crippen molar-refractivity contribution < 1.29 is 0 Å². The molecule has 0 amide bonds. The highest BCUT2D eigenvalue weighted by molar-refractivity contribution is 7.25. The van der Waals surface area contributed by atoms with Gasteiger partial charge in [-0.1, -0.05) is 189 Å². The van der Waals surface area contributed by atoms with Gasteiger partial charge < -0.3 is 0 Å². The van der Waals surface area contributed by atoms with Crippen molar-refractivity contribution in [1.82, 2.24) is 0 Å². The lowest BCUT2D eigenvalue weighted by atomic mass is 9.34. The molecule has 66 heavy (non-hydrogen) atoms. The summed E-state index contributed by atoms with van der Waals surface area (Å²) in [6.07, 6.45) is 8.06. The number of aryl methyl sites for hydroxylation is 6. The van der Waals surface area contributed by atoms with Gasteiger partial charge in [-0.15, -0.1) is 11.3 Å². The zero-order valence-corrected chi connectivity index (χ0v) is 40.3. The number of thiophene rings is 1. The second kappa shape index (κ2) is 15.8. The van der Waals surface area contributed by atoms with E-state index < -0.39 is 0 Å². The van der Waals surface area contributed by atoms with E-state index in [-0.39, 0.29) is 17.5 Å². The van der Waals surface area contributed by atoms with Gasteiger partial charge in [0.2, 0.25) is 6.71 Å². The predicted molar refractivity (Wildman–Crippen MR) is 286 cm³/mol. The maximum absolute atomic E-state index is 2.51. The molecule has 4 saturated carbocycles. The summed E-state index contributed by atoms with van der Waals surface area (Å²) in [6.45, 7) is 13.8. The molecule has 0 spiro atoms. The Bertz CT molecular complexity index is 3230. The van der Waals surface area contributed by atoms with Crippen LogP contribution in [0.5, 0.6) is 0 Å². The van der Waals surface area contributed by atoms with E-state index in [4.69, 9.17) is 0 Å². The number of rotatable bonds is 8. The highest BCUT2D eigenvalue weighted by Crippen LogP contribution is 2.66. The molecule has 9 aromatic rings. The summed E-state index contributed by atoms with van der Waals surface area (Å²) in [7, 11) is 0. The average molecular weight is 871 g/mol. The Morgan fingerprint density at radius 1 is 0.409 bits per heavy atom. The Hall–Kier alpha value is -5.96. The van der Waals surface area contributed by atoms with Crippen molar-refractivity contribution >= 4 is 54.6 Å². The van der Waals surface area contributed by atoms with Gasteiger partial charge in [0.1, 0.15) is 0 Å². The first kappa shape index (κ1) is 41.5. The molecule has 4 aliphatic rings. The Morgan fingerprint density at radius 2 is 0.864 bits per heavy atom. The van der Waals surface area contributed by atoms with Crippen LogP contribution in [0, 0.1) is 53.4 Å². The Labute approximate surface area is 396 Å². The van der Waals surface area contributed by atoms with Gasteiger partial charge in [0.15, 0.2) is 0 Å². The minimum absolute atomic E-state index is 0.151. The summed E-state index contributed by atoms with van der Waals surface area (Å²) in [6, 6.07) is 63.7. The fourth-order valence-electron chi connectivity index (χ4n) is 14.4. The number of benzene rings is 8. The quantitative estimate of drug-likeness (QED) is 0.133. The Balaban J connectivity index is 0.830. The van der Waals surface area contributed by atoms with Gasteiger partial charge in [-0.05, 0) is 172 Å². The topological polar surface area (TPSA) is 0 Å². The molecular weight excluding hydrogens is 812 g/mol. The minimum atomic E-state index is 0.151. The van der Waals surface area contributed by atoms with Gasteiger partial charge in [-0.2, -0.15) is 0 Å². The van der Waals surface area contributed by atoms with Crippen LogP contribution in [0.15, 0.2) is 164 Å². The van der Waals surface area contributed by atoms with Gasteiger partial charge in [0, 0.05) is 20.2 Å². The molecule has 4 fully saturated rings. The van der Waals surface area contributed by atoms with Crippen molar-refractivity contribution in [3.63, 3.8) is 0 Å². The van der Waals surface area contributed by atoms with Crippen molar-refractivity contribution in [3.05, 3.63) is 208 Å². The van der Waals surface area contributed by atoms with Crippen LogP contribution in [-0.2, 0) is 10.8 Å². The fraction of sp³-hybridized carbons (Fsp3) is 0.250. The molecule has 8 aromatic carbocycles. The first-order valence-corrected chi connectivity index (χ1v) is 25.3. The molecule has 2 atom stereocenters. The normalized spacial score (nSPS) is 20.9. The van der Waals surface area contributed by atoms with Crippen LogP contribution < -0.4 is 16.4 Å². The second-order valence-electron chi connectivity index (χ2n) is 21.2. The third-order valence-electron chi connectivity index (χ3n) is 16.6. The molecular formula is C64H59BS. The molecule has 1 aromatic heterocycles. The molecule has 2 unspecified atom stereocenters. The van der Waals surface area contributed by atoms with Crippen LogP contribution in [0.3, 0.4) is 0 Å². The highest BCUT2D eigenvalue weighted by atomic mass is 32.1. The van der Waals surface area contributed by atoms with Crippen molar-refractivity contribution in [2.24, 2.45) is 11.8 Å². The molecule has 13 rings (SSSR count). The van der Waals surface area contributed by atoms with Crippen LogP contribution in [0.25, 0.3) is 53.6 Å². The maximum atomic E-state index is 2.51. The van der Waals surface area contributed by atoms with Crippen molar-refractivity contribution in [1.29, 1.82) is 0 Å². The largest absolute Gasteiger partial charge is 0.242 e. The molecule has 0 saturated heterocycles. The molecule has 0 aliphatic heterocycles. The van der Waals surface area contributed by atoms with E-state index in [1.807, 2.05) is 11.3 Å². The Kier molecular flexibility index (Phi) is 9.96. The third-order valence-corrected chi connectivity index (χ3v) is 17.7. The zero-order chi connectivity index (χ0) is 44.9. The number of hydrogen-bond donors (Lipinski definition) is 0. The lowest BCUT2D eigenvalue weighted by Gasteiger charge is -2.63. The molecule has 324 valence electrons. The van der Waals surface area contributed by atoms with Crippen LogP contribution in [-0.4, -0.2) is 6.71 Å². The zero-order valence-electron chi connectivity index (χ0n) is 39.5. The minimum Gasteiger partial charge on any atom is -0.135 e. The van der Waals surface area contributed by atoms with E-state index in [2.05, 4.69) is 205 Å². The molecule has 2 heteroatoms. The lowest BCUT2D eigenvalue weighted by Crippen LogP contribution is -2.55. The van der Waals surface area contributed by atoms with Crippen molar-refractivity contribution in [2.75, 3.05) is 0 Å². The Morgan fingerprint density at radius 3 is 1.42 bits per heavy atom. The van der Waals surface area contributed by atoms with Gasteiger partial charge in [0.25, 0.3) is 0 Å². The number of fused-ring (bicyclic) bond motifs is 3. The maximum Gasteiger partial charge on any atom is 0.242 e. The van der Waals surface area contributed by atoms with Crippen LogP contribution in [0.1, 0.15) is 83.0 Å². The van der Waals surface area contributed by atoms with Crippen LogP contribution in [0.2, 0.25) is 0 Å². The van der Waals surface area contributed by atoms with Crippen LogP contribution in [0.4, 0.5) is 0 Å². The molecule has 4 aliphatic carbocycles. The van der Waals surface area contributed by atoms with E-state index in [0.29, 0.717) is 0 Å². The SMILES string of the molecule is Cc1cc(C)c(B(c2cccc(-c3cccc(-c4ccc(C56CC7CC(C5)CC(c5ccc(-c8ccc9sc%10ccccc%10c9c8)cc5)(C7)C6)cc4)c3)c2)c2c(C)cc(C)cc2C)c(C)c1. The summed E-state index contributed by atoms with van der Waals surface area (Å²) in [5.74, 6) is 1.62. The second-order valence-corrected chi connectivity index (χ2v) is 22.3. The first-order valence-electron chi connectivity index (χ1n) is 24.5. The summed E-state index contributed by atoms with van der Waals surface area (Å²) in [5, 5.41) is 2.75. The standard InChI is InChI=1S/C64H59BS/c1-40-27-42(3)61(43(4)28-40)65(62-44(5)29-41(2)30-45(62)6)56-14-10-13-52(33-56)51-12-9-11-50(32-51)48-17-22-54(23-18-48)63-35-46-31-47(36-63)38-64(37-46,39-63)55-24-19-49(20-25-55)53-21-26-60-58(34-53)57-15-7-8-16-59(57)66-60/h7-30,32-34,46-47H,31,35-39H2,1-6H3. The van der Waals surface area contributed by atoms with E-state index in [1.54, 1.807) is 11.1 Å². The van der Waals surface area contributed by atoms with Crippen LogP contribution >= 0.6 is 11.3 Å². The smallest absolute Gasteiger partial charge is 0.135 e.